The minimum atomic E-state index is -6.13. The van der Waals surface area contributed by atoms with Gasteiger partial charge in [0.1, 0.15) is 22.1 Å². The van der Waals surface area contributed by atoms with E-state index in [1.165, 1.54) is 15.9 Å². The fraction of sp³-hybridized carbons (Fsp3) is 0.176. The number of hydrogen-bond acceptors (Lipinski definition) is 0. The fourth-order valence-corrected chi connectivity index (χ4v) is 14.0. The van der Waals surface area contributed by atoms with E-state index < -0.39 is 200 Å². The molecule has 0 bridgehead atoms. The second-order valence-electron chi connectivity index (χ2n) is 16.9. The first kappa shape index (κ1) is 65.5. The molecule has 7 aromatic rings. The van der Waals surface area contributed by atoms with Crippen molar-refractivity contribution in [2.45, 2.75) is 49.4 Å². The highest BCUT2D eigenvalue weighted by Gasteiger charge is 2.48. The molecular weight excluding hydrogens is 1310 g/mol. The topological polar surface area (TPSA) is 0 Å². The molecule has 0 N–H and O–H groups in total. The molecule has 29 heteroatoms. The molecule has 0 heterocycles. The van der Waals surface area contributed by atoms with Crippen molar-refractivity contribution in [2.75, 3.05) is 5.34 Å². The zero-order chi connectivity index (χ0) is 60.5. The van der Waals surface area contributed by atoms with Crippen LogP contribution in [0.1, 0.15) is 44.5 Å². The van der Waals surface area contributed by atoms with Crippen LogP contribution < -0.4 is 37.8 Å². The van der Waals surface area contributed by atoms with Crippen LogP contribution in [0.3, 0.4) is 0 Å². The van der Waals surface area contributed by atoms with Gasteiger partial charge in [0.2, 0.25) is 0 Å². The van der Waals surface area contributed by atoms with E-state index in [4.69, 9.17) is 23.2 Å². The molecule has 0 amide bonds. The van der Waals surface area contributed by atoms with E-state index >= 15 is 0 Å². The number of alkyl halides is 26. The van der Waals surface area contributed by atoms with Crippen LogP contribution in [-0.4, -0.2) is 11.5 Å². The van der Waals surface area contributed by atoms with Crippen LogP contribution in [0.2, 0.25) is 0 Å². The van der Waals surface area contributed by atoms with Crippen LogP contribution in [0.25, 0.3) is 0 Å². The highest BCUT2D eigenvalue weighted by Crippen LogP contribution is 2.63. The van der Waals surface area contributed by atoms with Gasteiger partial charge in [0.25, 0.3) is 0 Å². The summed E-state index contributed by atoms with van der Waals surface area (Å²) in [6.07, 6.45) is -54.8. The average molecular weight is 1340 g/mol. The number of benzene rings is 7. The zero-order valence-corrected chi connectivity index (χ0v) is 43.6. The third-order valence-corrected chi connectivity index (χ3v) is 19.8. The number of rotatable bonds is 7. The largest absolute Gasteiger partial charge is 0.416 e. The van der Waals surface area contributed by atoms with Gasteiger partial charge in [0.15, 0.2) is 26.9 Å². The summed E-state index contributed by atoms with van der Waals surface area (Å²) in [5, 5.41) is 4.44. The number of halogens is 27. The Hall–Kier alpha value is -5.34. The maximum absolute atomic E-state index is 14.2. The van der Waals surface area contributed by atoms with Gasteiger partial charge in [-0.15, -0.1) is 23.2 Å². The van der Waals surface area contributed by atoms with Gasteiger partial charge >= 0.3 is 49.4 Å². The minimum Gasteiger partial charge on any atom is -0.194 e. The van der Waals surface area contributed by atoms with E-state index in [0.29, 0.717) is 0 Å². The first-order chi connectivity index (χ1) is 36.5. The van der Waals surface area contributed by atoms with Crippen LogP contribution in [-0.2, 0) is 49.4 Å². The number of hydrogen-bond donors (Lipinski definition) is 0. The smallest absolute Gasteiger partial charge is 0.194 e. The van der Waals surface area contributed by atoms with E-state index in [9.17, 15) is 105 Å². The Balaban J connectivity index is 0.000000420. The SMILES string of the molecule is ClCCl.FC(F)(F)c1cc([B-](c2cc(C(F)(F)F)cc(C(F)(F)F)c2)(c2cc(C(F)(F)F)cc(C(F)(F)F)c2)c2cc(C(F)(F)F)cc(C(F)(F)F)c2)cc(C(F)(F)F)c1.I[P+](c1ccccc1)(c1ccccc1)c1ccccc1. The Morgan fingerprint density at radius 3 is 0.537 bits per heavy atom. The molecule has 0 fully saturated rings. The fourth-order valence-electron chi connectivity index (χ4n) is 8.42. The molecule has 0 radical (unpaired) electrons. The van der Waals surface area contributed by atoms with Gasteiger partial charge in [0, 0.05) is 0 Å². The summed E-state index contributed by atoms with van der Waals surface area (Å²) in [6, 6.07) is 23.7. The quantitative estimate of drug-likeness (QED) is 0.0491. The van der Waals surface area contributed by atoms with E-state index in [1.807, 2.05) is 0 Å². The molecule has 7 aromatic carbocycles. The van der Waals surface area contributed by atoms with Gasteiger partial charge in [-0.05, 0) is 60.7 Å². The molecule has 80 heavy (non-hydrogen) atoms. The van der Waals surface area contributed by atoms with Gasteiger partial charge in [-0.2, -0.15) is 127 Å². The first-order valence-corrected chi connectivity index (χ1v) is 27.4. The molecule has 430 valence electrons. The van der Waals surface area contributed by atoms with E-state index in [-0.39, 0.29) is 5.34 Å². The molecule has 0 spiro atoms. The van der Waals surface area contributed by atoms with Crippen molar-refractivity contribution in [3.8, 4) is 0 Å². The summed E-state index contributed by atoms with van der Waals surface area (Å²) in [7, 11) is 0. The van der Waals surface area contributed by atoms with Gasteiger partial charge in [-0.25, -0.2) is 0 Å². The molecule has 0 aliphatic carbocycles. The van der Waals surface area contributed by atoms with Crippen molar-refractivity contribution >= 4 is 94.1 Å². The highest BCUT2D eigenvalue weighted by molar-refractivity contribution is 14.2. The summed E-state index contributed by atoms with van der Waals surface area (Å²) < 4.78 is 341. The van der Waals surface area contributed by atoms with E-state index in [0.717, 1.165) is 0 Å². The summed E-state index contributed by atoms with van der Waals surface area (Å²) in [4.78, 5) is -1.56. The summed E-state index contributed by atoms with van der Waals surface area (Å²) in [5.74, 6) is 0. The lowest BCUT2D eigenvalue weighted by Gasteiger charge is -2.46. The van der Waals surface area contributed by atoms with Crippen LogP contribution in [0.4, 0.5) is 105 Å². The standard InChI is InChI=1S/C32H12BF24.C18H15IP.CH2Cl2/c34-25(35,36)13-1-14(26(37,38)39)6-21(5-13)33(22-7-15(27(40,41)42)2-16(8-22)28(43,44)45,23-9-17(29(46,47)48)3-18(10-23)30(49,50)51)24-11-19(31(52,53)54)4-20(12-24)32(55,56)57;19-20(16-10-4-1-5-11-16,17-12-6-2-7-13-17)18-14-8-3-9-15-18;2-1-3/h1-12H;1-15H;1H2/q-1;+1;. The third-order valence-electron chi connectivity index (χ3n) is 11.8. The average Bonchev–Trinajstić information content (AvgIpc) is 3.35. The third kappa shape index (κ3) is 15.2. The molecule has 0 saturated carbocycles. The van der Waals surface area contributed by atoms with E-state index in [1.54, 1.807) is 0 Å². The Bertz CT molecular complexity index is 2690. The zero-order valence-electron chi connectivity index (χ0n) is 39.0. The molecule has 0 atom stereocenters. The van der Waals surface area contributed by atoms with Crippen LogP contribution >= 0.6 is 50.1 Å². The van der Waals surface area contributed by atoms with Crippen LogP contribution in [0.15, 0.2) is 164 Å². The van der Waals surface area contributed by atoms with Gasteiger partial charge in [-0.3, -0.25) is 0 Å². The summed E-state index contributed by atoms with van der Waals surface area (Å²) >= 11 is 12.2. The maximum atomic E-state index is 14.2. The first-order valence-electron chi connectivity index (χ1n) is 21.7. The molecule has 0 unspecified atom stereocenters. The van der Waals surface area contributed by atoms with Crippen molar-refractivity contribution in [3.63, 3.8) is 0 Å². The Morgan fingerprint density at radius 1 is 0.275 bits per heavy atom. The van der Waals surface area contributed by atoms with Gasteiger partial charge in [0.05, 0.1) is 49.8 Å². The van der Waals surface area contributed by atoms with Crippen molar-refractivity contribution in [3.05, 3.63) is 208 Å². The second kappa shape index (κ2) is 23.9. The second-order valence-corrected chi connectivity index (χ2v) is 24.8. The van der Waals surface area contributed by atoms with Crippen LogP contribution in [0.5, 0.6) is 0 Å². The van der Waals surface area contributed by atoms with Crippen molar-refractivity contribution in [2.24, 2.45) is 0 Å². The van der Waals surface area contributed by atoms with Gasteiger partial charge in [-0.1, -0.05) is 103 Å². The Morgan fingerprint density at radius 2 is 0.412 bits per heavy atom. The predicted octanol–water partition coefficient (Wildman–Crippen LogP) is 17.0. The molecule has 0 nitrogen and oxygen atoms in total. The summed E-state index contributed by atoms with van der Waals surface area (Å²) in [6.45, 7) is 0. The monoisotopic (exact) mass is 1340 g/mol. The predicted molar refractivity (Wildman–Crippen MR) is 266 cm³/mol. The minimum absolute atomic E-state index is 0.194. The molecule has 7 rings (SSSR count). The lowest BCUT2D eigenvalue weighted by Crippen LogP contribution is -2.75. The Labute approximate surface area is 460 Å². The van der Waals surface area contributed by atoms with Crippen molar-refractivity contribution in [1.82, 2.24) is 0 Å². The lowest BCUT2D eigenvalue weighted by atomic mass is 9.12. The Kier molecular flexibility index (Phi) is 19.5. The summed E-state index contributed by atoms with van der Waals surface area (Å²) in [5.41, 5.74) is -30.2. The van der Waals surface area contributed by atoms with Crippen molar-refractivity contribution in [1.29, 1.82) is 0 Å². The maximum Gasteiger partial charge on any atom is 0.416 e. The molecule has 0 aliphatic heterocycles. The molecule has 0 aromatic heterocycles. The lowest BCUT2D eigenvalue weighted by molar-refractivity contribution is -0.144. The van der Waals surface area contributed by atoms with Crippen LogP contribution in [0, 0.1) is 0 Å². The molecular formula is C51H29BCl2F24IP. The van der Waals surface area contributed by atoms with Gasteiger partial charge < -0.3 is 0 Å². The molecule has 0 saturated heterocycles. The normalized spacial score (nSPS) is 13.2. The highest BCUT2D eigenvalue weighted by atomic mass is 127. The van der Waals surface area contributed by atoms with Crippen molar-refractivity contribution < 1.29 is 105 Å². The van der Waals surface area contributed by atoms with E-state index in [2.05, 4.69) is 113 Å². The molecule has 0 aliphatic rings.